The van der Waals surface area contributed by atoms with E-state index < -0.39 is 50.0 Å². The number of carboxylic acids is 1. The summed E-state index contributed by atoms with van der Waals surface area (Å²) >= 11 is 0. The lowest BCUT2D eigenvalue weighted by molar-refractivity contribution is -0.135. The van der Waals surface area contributed by atoms with Crippen LogP contribution in [0.3, 0.4) is 0 Å². The van der Waals surface area contributed by atoms with E-state index in [-0.39, 0.29) is 40.5 Å². The van der Waals surface area contributed by atoms with Crippen LogP contribution < -0.4 is 18.7 Å². The predicted octanol–water partition coefficient (Wildman–Crippen LogP) is 3.97. The van der Waals surface area contributed by atoms with E-state index in [4.69, 9.17) is 4.74 Å². The molecule has 1 heterocycles. The number of carboxylic acid groups (broad SMARTS) is 1. The van der Waals surface area contributed by atoms with Gasteiger partial charge in [-0.1, -0.05) is 35.9 Å². The molecule has 3 aromatic carbocycles. The molecule has 0 bridgehead atoms. The number of halogens is 3. The summed E-state index contributed by atoms with van der Waals surface area (Å²) in [5.41, 5.74) is -3.59. The number of nitrogens with zero attached hydrogens (tertiary/aromatic N) is 2. The maximum Gasteiger partial charge on any atom is 0.516 e. The summed E-state index contributed by atoms with van der Waals surface area (Å²) < 4.78 is 98.7. The van der Waals surface area contributed by atoms with Crippen LogP contribution in [0.5, 0.6) is 5.75 Å². The molecule has 242 valence electrons. The van der Waals surface area contributed by atoms with Gasteiger partial charge in [-0.05, 0) is 68.1 Å². The molecule has 0 saturated heterocycles. The van der Waals surface area contributed by atoms with Gasteiger partial charge in [0.15, 0.2) is 0 Å². The molecule has 0 aliphatic carbocycles. The quantitative estimate of drug-likeness (QED) is 0.327. The predicted molar refractivity (Wildman–Crippen MR) is 159 cm³/mol. The first-order valence-electron chi connectivity index (χ1n) is 13.4. The van der Waals surface area contributed by atoms with Crippen LogP contribution in [0.25, 0.3) is 0 Å². The number of sulfonamides is 2. The van der Waals surface area contributed by atoms with E-state index in [0.29, 0.717) is 16.7 Å². The molecule has 0 radical (unpaired) electrons. The Hall–Kier alpha value is -4.31. The number of fused-ring (bicyclic) bond motifs is 1. The lowest BCUT2D eigenvalue weighted by Crippen LogP contribution is -2.46. The fourth-order valence-corrected chi connectivity index (χ4v) is 7.93. The number of aliphatic carboxylic acids is 1. The van der Waals surface area contributed by atoms with Crippen molar-refractivity contribution in [1.82, 2.24) is 4.72 Å². The molecule has 0 fully saturated rings. The molecule has 4 rings (SSSR count). The van der Waals surface area contributed by atoms with E-state index in [0.717, 1.165) is 14.6 Å². The molecule has 2 N–H and O–H groups in total. The van der Waals surface area contributed by atoms with Crippen molar-refractivity contribution in [2.24, 2.45) is 0 Å². The zero-order chi connectivity index (χ0) is 33.5. The number of methoxy groups -OCH3 is 1. The first-order chi connectivity index (χ1) is 20.9. The van der Waals surface area contributed by atoms with Gasteiger partial charge < -0.3 is 14.7 Å². The van der Waals surface area contributed by atoms with Crippen LogP contribution in [0.4, 0.5) is 24.5 Å². The number of amides is 1. The monoisotopic (exact) mass is 669 g/mol. The van der Waals surface area contributed by atoms with E-state index in [1.165, 1.54) is 54.5 Å². The fourth-order valence-electron chi connectivity index (χ4n) is 5.58. The van der Waals surface area contributed by atoms with Crippen LogP contribution in [0.15, 0.2) is 59.5 Å². The summed E-state index contributed by atoms with van der Waals surface area (Å²) in [5, 5.41) is 9.74. The Labute approximate surface area is 258 Å². The van der Waals surface area contributed by atoms with Crippen molar-refractivity contribution in [3.63, 3.8) is 0 Å². The molecule has 3 aromatic rings. The van der Waals surface area contributed by atoms with Crippen molar-refractivity contribution in [2.75, 3.05) is 29.4 Å². The summed E-state index contributed by atoms with van der Waals surface area (Å²) in [6.45, 7) is 3.97. The molecular weight excluding hydrogens is 639 g/mol. The lowest BCUT2D eigenvalue weighted by atomic mass is 10.0. The van der Waals surface area contributed by atoms with E-state index in [1.807, 2.05) is 0 Å². The van der Waals surface area contributed by atoms with Crippen molar-refractivity contribution < 1.29 is 49.4 Å². The third-order valence-corrected chi connectivity index (χ3v) is 10.4. The third kappa shape index (κ3) is 6.56. The van der Waals surface area contributed by atoms with Gasteiger partial charge in [-0.3, -0.25) is 13.9 Å². The molecule has 0 spiro atoms. The highest BCUT2D eigenvalue weighted by atomic mass is 32.2. The average Bonchev–Trinajstić information content (AvgIpc) is 3.34. The number of carbonyl (C=O) groups excluding carboxylic acids is 1. The van der Waals surface area contributed by atoms with Crippen molar-refractivity contribution in [2.45, 2.75) is 43.6 Å². The summed E-state index contributed by atoms with van der Waals surface area (Å²) in [6.07, 6.45) is 0.0444. The van der Waals surface area contributed by atoms with Crippen molar-refractivity contribution in [3.8, 4) is 5.75 Å². The molecule has 1 unspecified atom stereocenters. The summed E-state index contributed by atoms with van der Waals surface area (Å²) in [6, 6.07) is 11.7. The van der Waals surface area contributed by atoms with Gasteiger partial charge in [-0.15, -0.1) is 0 Å². The molecule has 1 aliphatic heterocycles. The topological polar surface area (TPSA) is 150 Å². The Morgan fingerprint density at radius 1 is 1.02 bits per heavy atom. The maximum absolute atomic E-state index is 14.1. The molecule has 1 aliphatic rings. The van der Waals surface area contributed by atoms with Crippen LogP contribution in [0, 0.1) is 20.8 Å². The Kier molecular flexibility index (Phi) is 9.13. The Morgan fingerprint density at radius 2 is 1.64 bits per heavy atom. The molecule has 1 amide bonds. The van der Waals surface area contributed by atoms with Gasteiger partial charge in [0.05, 0.1) is 17.7 Å². The maximum atomic E-state index is 14.1. The van der Waals surface area contributed by atoms with Gasteiger partial charge >= 0.3 is 21.5 Å². The second kappa shape index (κ2) is 12.2. The first-order valence-corrected chi connectivity index (χ1v) is 16.3. The minimum Gasteiger partial charge on any atom is -0.497 e. The largest absolute Gasteiger partial charge is 0.516 e. The molecule has 16 heteroatoms. The van der Waals surface area contributed by atoms with E-state index >= 15 is 0 Å². The number of rotatable bonds is 10. The smallest absolute Gasteiger partial charge is 0.497 e. The molecule has 11 nitrogen and oxygen atoms in total. The number of carbonyl (C=O) groups is 2. The van der Waals surface area contributed by atoms with Gasteiger partial charge in [-0.2, -0.15) is 21.6 Å². The number of anilines is 2. The van der Waals surface area contributed by atoms with Crippen LogP contribution in [-0.4, -0.2) is 59.5 Å². The van der Waals surface area contributed by atoms with Gasteiger partial charge in [0.2, 0.25) is 0 Å². The van der Waals surface area contributed by atoms with E-state index in [2.05, 4.69) is 0 Å². The Balaban J connectivity index is 1.88. The minimum absolute atomic E-state index is 0.00973. The van der Waals surface area contributed by atoms with Gasteiger partial charge in [0.25, 0.3) is 15.9 Å². The standard InChI is InChI=1S/C29H30F3N3O8S2/c1-17-13-18(2)27(19(3)14-17)44(39,40)35(16-25(36)37)24-10-6-9-23-22(24)11-12-34(23)26(20-7-5-8-21(15-20)43-4)28(38)33-45(41,42)29(30,31)32/h5-10,13-15,26H,11-12,16H2,1-4H3,(H,33,38)(H,36,37). The summed E-state index contributed by atoms with van der Waals surface area (Å²) in [4.78, 5) is 26.6. The highest BCUT2D eigenvalue weighted by molar-refractivity contribution is 7.93. The number of hydrogen-bond acceptors (Lipinski definition) is 8. The molecule has 1 atom stereocenters. The number of hydrogen-bond donors (Lipinski definition) is 2. The zero-order valence-electron chi connectivity index (χ0n) is 24.5. The summed E-state index contributed by atoms with van der Waals surface area (Å²) in [5.74, 6) is -2.72. The number of aryl methyl sites for hydroxylation is 3. The minimum atomic E-state index is -6.08. The number of ether oxygens (including phenoxy) is 1. The van der Waals surface area contributed by atoms with E-state index in [1.54, 1.807) is 32.9 Å². The molecule has 0 aromatic heterocycles. The number of nitrogens with one attached hydrogen (secondary N) is 1. The van der Waals surface area contributed by atoms with Crippen molar-refractivity contribution >= 4 is 43.3 Å². The second-order valence-electron chi connectivity index (χ2n) is 10.4. The van der Waals surface area contributed by atoms with E-state index in [9.17, 15) is 44.7 Å². The van der Waals surface area contributed by atoms with Crippen LogP contribution in [-0.2, 0) is 36.1 Å². The highest BCUT2D eigenvalue weighted by Gasteiger charge is 2.48. The normalized spacial score (nSPS) is 14.1. The first kappa shape index (κ1) is 33.6. The highest BCUT2D eigenvalue weighted by Crippen LogP contribution is 2.42. The zero-order valence-corrected chi connectivity index (χ0v) is 26.2. The lowest BCUT2D eigenvalue weighted by Gasteiger charge is -2.31. The van der Waals surface area contributed by atoms with Gasteiger partial charge in [0.1, 0.15) is 18.3 Å². The third-order valence-electron chi connectivity index (χ3n) is 7.25. The van der Waals surface area contributed by atoms with Gasteiger partial charge in [-0.25, -0.2) is 13.1 Å². The SMILES string of the molecule is COc1cccc(C(C(=O)NS(=O)(=O)C(F)(F)F)N2CCc3c2cccc3N(CC(=O)O)S(=O)(=O)c2c(C)cc(C)cc2C)c1. The Morgan fingerprint density at radius 3 is 2.22 bits per heavy atom. The van der Waals surface area contributed by atoms with Crippen molar-refractivity contribution in [3.05, 3.63) is 82.4 Å². The van der Waals surface area contributed by atoms with Crippen LogP contribution in [0.1, 0.15) is 33.9 Å². The van der Waals surface area contributed by atoms with Crippen LogP contribution in [0.2, 0.25) is 0 Å². The number of alkyl halides is 3. The Bertz CT molecular complexity index is 1860. The summed E-state index contributed by atoms with van der Waals surface area (Å²) in [7, 11) is -9.22. The molecular formula is C29H30F3N3O8S2. The molecule has 45 heavy (non-hydrogen) atoms. The number of benzene rings is 3. The second-order valence-corrected chi connectivity index (χ2v) is 13.9. The van der Waals surface area contributed by atoms with Gasteiger partial charge in [0, 0.05) is 17.8 Å². The van der Waals surface area contributed by atoms with Crippen LogP contribution >= 0.6 is 0 Å². The average molecular weight is 670 g/mol. The molecule has 0 saturated carbocycles. The van der Waals surface area contributed by atoms with Crippen molar-refractivity contribution in [1.29, 1.82) is 0 Å². The fraction of sp³-hybridized carbons (Fsp3) is 0.310.